The number of ether oxygens (including phenoxy) is 2. The normalized spacial score (nSPS) is 23.4. The number of hydrogen-bond acceptors (Lipinski definition) is 8. The SMILES string of the molecule is C[C@]12O[C@](CCOc3noc4ccc(Cl)cc34)(CC1O)c1c2c(O)n(-c2ccc(C#N)c3ccccc23)c1O. The fraction of sp³-hybridized carbons (Fsp3) is 0.241. The van der Waals surface area contributed by atoms with Crippen molar-refractivity contribution in [1.82, 2.24) is 9.72 Å². The Labute approximate surface area is 227 Å². The molecule has 39 heavy (non-hydrogen) atoms. The number of aliphatic hydroxyl groups excluding tert-OH is 1. The highest BCUT2D eigenvalue weighted by atomic mass is 35.5. The van der Waals surface area contributed by atoms with Gasteiger partial charge in [-0.25, -0.2) is 0 Å². The summed E-state index contributed by atoms with van der Waals surface area (Å²) in [5.41, 5.74) is -0.0824. The van der Waals surface area contributed by atoms with Crippen molar-refractivity contribution < 1.29 is 29.3 Å². The molecule has 9 nitrogen and oxygen atoms in total. The van der Waals surface area contributed by atoms with Crippen LogP contribution in [0, 0.1) is 11.3 Å². The molecule has 1 saturated heterocycles. The molecular weight excluding hydrogens is 522 g/mol. The van der Waals surface area contributed by atoms with Gasteiger partial charge in [-0.3, -0.25) is 4.57 Å². The number of fused-ring (bicyclic) bond motifs is 7. The molecule has 2 bridgehead atoms. The molecule has 7 rings (SSSR count). The van der Waals surface area contributed by atoms with E-state index < -0.39 is 17.3 Å². The lowest BCUT2D eigenvalue weighted by Gasteiger charge is -2.26. The van der Waals surface area contributed by atoms with Crippen LogP contribution in [0.5, 0.6) is 17.6 Å². The van der Waals surface area contributed by atoms with Crippen LogP contribution < -0.4 is 4.74 Å². The van der Waals surface area contributed by atoms with Gasteiger partial charge in [-0.05, 0) is 42.4 Å². The second kappa shape index (κ2) is 8.13. The fourth-order valence-corrected chi connectivity index (χ4v) is 6.40. The zero-order chi connectivity index (χ0) is 27.1. The first-order chi connectivity index (χ1) is 18.8. The number of aromatic nitrogens is 2. The van der Waals surface area contributed by atoms with Crippen LogP contribution in [0.3, 0.4) is 0 Å². The Morgan fingerprint density at radius 2 is 1.87 bits per heavy atom. The van der Waals surface area contributed by atoms with E-state index in [9.17, 15) is 20.6 Å². The van der Waals surface area contributed by atoms with Crippen molar-refractivity contribution in [3.63, 3.8) is 0 Å². The lowest BCUT2D eigenvalue weighted by molar-refractivity contribution is -0.107. The van der Waals surface area contributed by atoms with Gasteiger partial charge in [0.15, 0.2) is 5.58 Å². The van der Waals surface area contributed by atoms with E-state index in [0.717, 1.165) is 0 Å². The molecule has 4 heterocycles. The van der Waals surface area contributed by atoms with E-state index >= 15 is 0 Å². The Hall–Kier alpha value is -4.23. The van der Waals surface area contributed by atoms with E-state index in [1.165, 1.54) is 4.57 Å². The molecule has 1 unspecified atom stereocenters. The van der Waals surface area contributed by atoms with Gasteiger partial charge in [0.25, 0.3) is 5.88 Å². The van der Waals surface area contributed by atoms with Gasteiger partial charge in [-0.2, -0.15) is 5.26 Å². The number of nitriles is 1. The van der Waals surface area contributed by atoms with Gasteiger partial charge in [0.05, 0.1) is 46.5 Å². The van der Waals surface area contributed by atoms with Crippen molar-refractivity contribution in [3.8, 4) is 29.4 Å². The number of benzene rings is 3. The zero-order valence-electron chi connectivity index (χ0n) is 20.7. The first-order valence-corrected chi connectivity index (χ1v) is 12.8. The van der Waals surface area contributed by atoms with Crippen LogP contribution in [-0.4, -0.2) is 37.8 Å². The van der Waals surface area contributed by atoms with E-state index in [1.807, 2.05) is 24.3 Å². The zero-order valence-corrected chi connectivity index (χ0v) is 21.4. The molecule has 1 fully saturated rings. The molecule has 0 spiro atoms. The van der Waals surface area contributed by atoms with Crippen LogP contribution in [-0.2, 0) is 15.9 Å². The van der Waals surface area contributed by atoms with Crippen LogP contribution >= 0.6 is 11.6 Å². The third-order valence-electron chi connectivity index (χ3n) is 8.05. The minimum absolute atomic E-state index is 0.127. The summed E-state index contributed by atoms with van der Waals surface area (Å²) in [4.78, 5) is 0. The summed E-state index contributed by atoms with van der Waals surface area (Å²) in [6.45, 7) is 1.83. The van der Waals surface area contributed by atoms with Gasteiger partial charge in [0.2, 0.25) is 11.8 Å². The van der Waals surface area contributed by atoms with Crippen molar-refractivity contribution in [1.29, 1.82) is 5.26 Å². The minimum Gasteiger partial charge on any atom is -0.494 e. The molecule has 2 aromatic heterocycles. The smallest absolute Gasteiger partial charge is 0.262 e. The topological polar surface area (TPSA) is 134 Å². The molecular formula is C29H22ClN3O6. The maximum absolute atomic E-state index is 11.6. The number of nitrogens with zero attached hydrogens (tertiary/aromatic N) is 3. The Morgan fingerprint density at radius 1 is 1.10 bits per heavy atom. The van der Waals surface area contributed by atoms with Gasteiger partial charge in [-0.15, -0.1) is 0 Å². The summed E-state index contributed by atoms with van der Waals surface area (Å²) in [5.74, 6) is -0.137. The number of halogens is 1. The maximum atomic E-state index is 11.6. The first-order valence-electron chi connectivity index (χ1n) is 12.4. The number of rotatable bonds is 5. The van der Waals surface area contributed by atoms with E-state index in [2.05, 4.69) is 11.2 Å². The van der Waals surface area contributed by atoms with E-state index in [-0.39, 0.29) is 37.1 Å². The van der Waals surface area contributed by atoms with Crippen LogP contribution in [0.1, 0.15) is 36.5 Å². The Morgan fingerprint density at radius 3 is 2.67 bits per heavy atom. The van der Waals surface area contributed by atoms with E-state index in [4.69, 9.17) is 25.6 Å². The molecule has 0 radical (unpaired) electrons. The Balaban J connectivity index is 1.30. The summed E-state index contributed by atoms with van der Waals surface area (Å²) < 4.78 is 19.0. The summed E-state index contributed by atoms with van der Waals surface area (Å²) in [6, 6.07) is 17.9. The third kappa shape index (κ3) is 3.17. The predicted octanol–water partition coefficient (Wildman–Crippen LogP) is 5.38. The quantitative estimate of drug-likeness (QED) is 0.269. The van der Waals surface area contributed by atoms with Crippen molar-refractivity contribution >= 4 is 33.3 Å². The third-order valence-corrected chi connectivity index (χ3v) is 8.28. The molecule has 10 heteroatoms. The van der Waals surface area contributed by atoms with E-state index in [0.29, 0.717) is 49.1 Å². The van der Waals surface area contributed by atoms with Crippen LogP contribution in [0.25, 0.3) is 27.4 Å². The van der Waals surface area contributed by atoms with Crippen molar-refractivity contribution in [2.75, 3.05) is 6.61 Å². The molecule has 3 aromatic carbocycles. The molecule has 0 saturated carbocycles. The van der Waals surface area contributed by atoms with Crippen LogP contribution in [0.4, 0.5) is 0 Å². The number of hydrogen-bond donors (Lipinski definition) is 3. The molecule has 2 aliphatic heterocycles. The van der Waals surface area contributed by atoms with Crippen molar-refractivity contribution in [2.45, 2.75) is 37.1 Å². The van der Waals surface area contributed by atoms with Gasteiger partial charge in [0, 0.05) is 28.6 Å². The van der Waals surface area contributed by atoms with Gasteiger partial charge >= 0.3 is 0 Å². The van der Waals surface area contributed by atoms with Crippen molar-refractivity contribution in [3.05, 3.63) is 76.3 Å². The largest absolute Gasteiger partial charge is 0.494 e. The molecule has 2 aliphatic rings. The molecule has 196 valence electrons. The second-order valence-corrected chi connectivity index (χ2v) is 10.6. The lowest BCUT2D eigenvalue weighted by atomic mass is 9.76. The lowest BCUT2D eigenvalue weighted by Crippen LogP contribution is -2.33. The van der Waals surface area contributed by atoms with Gasteiger partial charge in [-0.1, -0.05) is 35.9 Å². The van der Waals surface area contributed by atoms with Crippen LogP contribution in [0.15, 0.2) is 59.1 Å². The minimum atomic E-state index is -1.24. The average Bonchev–Trinajstić information content (AvgIpc) is 3.60. The number of aromatic hydroxyl groups is 2. The molecule has 5 aromatic rings. The van der Waals surface area contributed by atoms with E-state index in [1.54, 1.807) is 37.3 Å². The molecule has 0 amide bonds. The molecule has 3 N–H and O–H groups in total. The maximum Gasteiger partial charge on any atom is 0.262 e. The molecule has 3 atom stereocenters. The highest BCUT2D eigenvalue weighted by molar-refractivity contribution is 6.31. The first kappa shape index (κ1) is 23.9. The number of aliphatic hydroxyl groups is 1. The Kier molecular flexibility index (Phi) is 4.98. The second-order valence-electron chi connectivity index (χ2n) is 10.2. The Bertz CT molecular complexity index is 1860. The van der Waals surface area contributed by atoms with Crippen LogP contribution in [0.2, 0.25) is 5.02 Å². The highest BCUT2D eigenvalue weighted by Crippen LogP contribution is 2.65. The summed E-state index contributed by atoms with van der Waals surface area (Å²) in [7, 11) is 0. The summed E-state index contributed by atoms with van der Waals surface area (Å²) in [6.07, 6.45) is -0.459. The summed E-state index contributed by atoms with van der Waals surface area (Å²) >= 11 is 6.12. The van der Waals surface area contributed by atoms with Gasteiger partial charge in [0.1, 0.15) is 11.2 Å². The predicted molar refractivity (Wildman–Crippen MR) is 141 cm³/mol. The standard InChI is InChI=1S/C29H22ClN3O6/c1-28-22(34)13-29(39-28,10-11-37-25-19-12-16(30)7-9-21(19)38-32-25)24-23(28)26(35)33(27(24)36)20-8-6-15(14-31)17-4-2-3-5-18(17)20/h2-9,12,22,34-36H,10-11,13H2,1H3/t22?,28-,29+/m0/s1. The summed E-state index contributed by atoms with van der Waals surface area (Å²) in [5, 5.41) is 50.2. The van der Waals surface area contributed by atoms with Gasteiger partial charge < -0.3 is 29.3 Å². The fourth-order valence-electron chi connectivity index (χ4n) is 6.23. The monoisotopic (exact) mass is 543 g/mol. The average molecular weight is 544 g/mol. The van der Waals surface area contributed by atoms with Crippen molar-refractivity contribution in [2.24, 2.45) is 0 Å². The molecule has 0 aliphatic carbocycles. The highest BCUT2D eigenvalue weighted by Gasteiger charge is 2.66.